The second-order valence-corrected chi connectivity index (χ2v) is 5.63. The molecule has 7 heteroatoms. The summed E-state index contributed by atoms with van der Waals surface area (Å²) in [6, 6.07) is 5.29. The van der Waals surface area contributed by atoms with Crippen molar-refractivity contribution >= 4 is 34.1 Å². The Morgan fingerprint density at radius 3 is 2.64 bits per heavy atom. The minimum Gasteiger partial charge on any atom is -0.351 e. The third-order valence-electron chi connectivity index (χ3n) is 3.06. The molecule has 116 valence electrons. The zero-order chi connectivity index (χ0) is 16.1. The Bertz CT molecular complexity index is 697. The Balaban J connectivity index is 1.97. The number of amides is 3. The predicted octanol–water partition coefficient (Wildman–Crippen LogP) is 3.15. The fraction of sp³-hybridized carbons (Fsp3) is 0.267. The van der Waals surface area contributed by atoms with Crippen molar-refractivity contribution in [3.8, 4) is 0 Å². The van der Waals surface area contributed by atoms with Crippen LogP contribution in [-0.4, -0.2) is 23.5 Å². The topological polar surface area (TPSA) is 83.1 Å². The largest absolute Gasteiger partial charge is 0.351 e. The first kappa shape index (κ1) is 16.0. The normalized spacial score (nSPS) is 10.1. The van der Waals surface area contributed by atoms with Crippen molar-refractivity contribution in [3.05, 3.63) is 40.4 Å². The Morgan fingerprint density at radius 1 is 1.18 bits per heavy atom. The molecule has 0 fully saturated rings. The van der Waals surface area contributed by atoms with E-state index in [0.29, 0.717) is 23.1 Å². The lowest BCUT2D eigenvalue weighted by atomic mass is 10.1. The molecule has 1 aromatic carbocycles. The summed E-state index contributed by atoms with van der Waals surface area (Å²) >= 11 is 1.20. The number of nitrogens with zero attached hydrogens (tertiary/aromatic N) is 1. The molecule has 2 aromatic rings. The zero-order valence-corrected chi connectivity index (χ0v) is 13.5. The summed E-state index contributed by atoms with van der Waals surface area (Å²) in [6.45, 7) is 6.36. The molecule has 0 atom stereocenters. The molecule has 0 aliphatic rings. The quantitative estimate of drug-likeness (QED) is 0.809. The fourth-order valence-electron chi connectivity index (χ4n) is 1.77. The Labute approximate surface area is 133 Å². The molecule has 3 amide bonds. The number of carbonyl (C=O) groups excluding carboxylic acids is 2. The number of hydrogen-bond acceptors (Lipinski definition) is 4. The van der Waals surface area contributed by atoms with Gasteiger partial charge in [0.1, 0.15) is 5.69 Å². The SMILES string of the molecule is CCNC(=O)c1csc(NC(=O)Nc2ccc(C)c(C)c2)n1. The maximum atomic E-state index is 11.9. The maximum Gasteiger partial charge on any atom is 0.325 e. The Morgan fingerprint density at radius 2 is 1.95 bits per heavy atom. The van der Waals surface area contributed by atoms with Gasteiger partial charge >= 0.3 is 6.03 Å². The van der Waals surface area contributed by atoms with Gasteiger partial charge in [-0.3, -0.25) is 10.1 Å². The highest BCUT2D eigenvalue weighted by atomic mass is 32.1. The van der Waals surface area contributed by atoms with Gasteiger partial charge in [-0.25, -0.2) is 9.78 Å². The van der Waals surface area contributed by atoms with E-state index in [1.165, 1.54) is 11.3 Å². The standard InChI is InChI=1S/C15H18N4O2S/c1-4-16-13(20)12-8-22-15(18-12)19-14(21)17-11-6-5-9(2)10(3)7-11/h5-8H,4H2,1-3H3,(H,16,20)(H2,17,18,19,21). The van der Waals surface area contributed by atoms with Crippen molar-refractivity contribution in [1.82, 2.24) is 10.3 Å². The molecule has 3 N–H and O–H groups in total. The molecule has 0 saturated carbocycles. The van der Waals surface area contributed by atoms with Gasteiger partial charge in [0.25, 0.3) is 5.91 Å². The maximum absolute atomic E-state index is 11.9. The molecule has 0 bridgehead atoms. The number of thiazole rings is 1. The fourth-order valence-corrected chi connectivity index (χ4v) is 2.45. The van der Waals surface area contributed by atoms with Crippen LogP contribution < -0.4 is 16.0 Å². The highest BCUT2D eigenvalue weighted by molar-refractivity contribution is 7.14. The number of anilines is 2. The number of hydrogen-bond donors (Lipinski definition) is 3. The van der Waals surface area contributed by atoms with Crippen LogP contribution in [0.4, 0.5) is 15.6 Å². The van der Waals surface area contributed by atoms with E-state index in [1.807, 2.05) is 39.0 Å². The van der Waals surface area contributed by atoms with Crippen LogP contribution in [0, 0.1) is 13.8 Å². The van der Waals surface area contributed by atoms with Crippen LogP contribution in [0.2, 0.25) is 0 Å². The predicted molar refractivity (Wildman–Crippen MR) is 88.7 cm³/mol. The van der Waals surface area contributed by atoms with E-state index >= 15 is 0 Å². The van der Waals surface area contributed by atoms with E-state index in [1.54, 1.807) is 5.38 Å². The third-order valence-corrected chi connectivity index (χ3v) is 3.82. The second kappa shape index (κ2) is 7.04. The number of nitrogens with one attached hydrogen (secondary N) is 3. The van der Waals surface area contributed by atoms with Gasteiger partial charge in [-0.2, -0.15) is 0 Å². The van der Waals surface area contributed by atoms with Crippen molar-refractivity contribution in [3.63, 3.8) is 0 Å². The minimum absolute atomic E-state index is 0.249. The molecule has 2 rings (SSSR count). The van der Waals surface area contributed by atoms with Gasteiger partial charge in [-0.1, -0.05) is 6.07 Å². The molecule has 0 radical (unpaired) electrons. The van der Waals surface area contributed by atoms with Crippen molar-refractivity contribution in [2.45, 2.75) is 20.8 Å². The smallest absolute Gasteiger partial charge is 0.325 e. The number of urea groups is 1. The molecular weight excluding hydrogens is 300 g/mol. The van der Waals surface area contributed by atoms with Crippen LogP contribution >= 0.6 is 11.3 Å². The van der Waals surface area contributed by atoms with Crippen LogP contribution in [0.5, 0.6) is 0 Å². The lowest BCUT2D eigenvalue weighted by Gasteiger charge is -2.07. The van der Waals surface area contributed by atoms with Crippen molar-refractivity contribution in [1.29, 1.82) is 0 Å². The summed E-state index contributed by atoms with van der Waals surface area (Å²) in [5, 5.41) is 10.00. The van der Waals surface area contributed by atoms with Gasteiger partial charge in [0.05, 0.1) is 0 Å². The average Bonchev–Trinajstić information content (AvgIpc) is 2.91. The molecule has 0 aliphatic carbocycles. The van der Waals surface area contributed by atoms with Gasteiger partial charge < -0.3 is 10.6 Å². The number of carbonyl (C=O) groups is 2. The molecular formula is C15H18N4O2S. The van der Waals surface area contributed by atoms with E-state index in [2.05, 4.69) is 20.9 Å². The lowest BCUT2D eigenvalue weighted by molar-refractivity contribution is 0.0951. The Kier molecular flexibility index (Phi) is 5.11. The number of aryl methyl sites for hydroxylation is 2. The summed E-state index contributed by atoms with van der Waals surface area (Å²) in [4.78, 5) is 27.6. The third kappa shape index (κ3) is 4.05. The van der Waals surface area contributed by atoms with Gasteiger partial charge in [-0.05, 0) is 44.0 Å². The molecule has 22 heavy (non-hydrogen) atoms. The van der Waals surface area contributed by atoms with E-state index in [4.69, 9.17) is 0 Å². The van der Waals surface area contributed by atoms with E-state index in [9.17, 15) is 9.59 Å². The van der Waals surface area contributed by atoms with Gasteiger partial charge in [0, 0.05) is 17.6 Å². The summed E-state index contributed by atoms with van der Waals surface area (Å²) in [6.07, 6.45) is 0. The van der Waals surface area contributed by atoms with E-state index in [-0.39, 0.29) is 11.9 Å². The second-order valence-electron chi connectivity index (χ2n) is 4.78. The summed E-state index contributed by atoms with van der Waals surface area (Å²) in [7, 11) is 0. The molecule has 0 unspecified atom stereocenters. The molecule has 6 nitrogen and oxygen atoms in total. The highest BCUT2D eigenvalue weighted by Gasteiger charge is 2.11. The molecule has 0 aliphatic heterocycles. The first-order valence-corrected chi connectivity index (χ1v) is 7.76. The highest BCUT2D eigenvalue weighted by Crippen LogP contribution is 2.17. The van der Waals surface area contributed by atoms with Gasteiger partial charge in [-0.15, -0.1) is 11.3 Å². The van der Waals surface area contributed by atoms with Crippen molar-refractivity contribution in [2.24, 2.45) is 0 Å². The van der Waals surface area contributed by atoms with Crippen molar-refractivity contribution in [2.75, 3.05) is 17.2 Å². The van der Waals surface area contributed by atoms with E-state index in [0.717, 1.165) is 11.1 Å². The molecule has 0 spiro atoms. The summed E-state index contributed by atoms with van der Waals surface area (Å²) in [5.74, 6) is -0.249. The van der Waals surface area contributed by atoms with Gasteiger partial charge in [0.2, 0.25) is 0 Å². The molecule has 0 saturated heterocycles. The summed E-state index contributed by atoms with van der Waals surface area (Å²) < 4.78 is 0. The lowest BCUT2D eigenvalue weighted by Crippen LogP contribution is -2.23. The monoisotopic (exact) mass is 318 g/mol. The average molecular weight is 318 g/mol. The van der Waals surface area contributed by atoms with Crippen molar-refractivity contribution < 1.29 is 9.59 Å². The number of rotatable bonds is 4. The zero-order valence-electron chi connectivity index (χ0n) is 12.7. The van der Waals surface area contributed by atoms with Gasteiger partial charge in [0.15, 0.2) is 5.13 Å². The minimum atomic E-state index is -0.389. The van der Waals surface area contributed by atoms with Crippen LogP contribution in [0.15, 0.2) is 23.6 Å². The first-order valence-electron chi connectivity index (χ1n) is 6.88. The first-order chi connectivity index (χ1) is 10.5. The number of aromatic nitrogens is 1. The van der Waals surface area contributed by atoms with Crippen LogP contribution in [0.1, 0.15) is 28.5 Å². The van der Waals surface area contributed by atoms with E-state index < -0.39 is 0 Å². The molecule has 1 aromatic heterocycles. The summed E-state index contributed by atoms with van der Waals surface area (Å²) in [5.41, 5.74) is 3.28. The van der Waals surface area contributed by atoms with Crippen LogP contribution in [0.25, 0.3) is 0 Å². The van der Waals surface area contributed by atoms with Crippen LogP contribution in [-0.2, 0) is 0 Å². The molecule has 1 heterocycles. The number of benzene rings is 1. The Hall–Kier alpha value is -2.41. The van der Waals surface area contributed by atoms with Crippen LogP contribution in [0.3, 0.4) is 0 Å².